The van der Waals surface area contributed by atoms with Gasteiger partial charge in [-0.15, -0.1) is 0 Å². The maximum absolute atomic E-state index is 12.8. The van der Waals surface area contributed by atoms with Crippen LogP contribution in [0.15, 0.2) is 6.20 Å². The van der Waals surface area contributed by atoms with Crippen molar-refractivity contribution in [2.75, 3.05) is 0 Å². The molecule has 0 radical (unpaired) electrons. The van der Waals surface area contributed by atoms with Crippen molar-refractivity contribution in [1.29, 1.82) is 0 Å². The summed E-state index contributed by atoms with van der Waals surface area (Å²) in [5, 5.41) is 10.3. The highest BCUT2D eigenvalue weighted by molar-refractivity contribution is 5.41. The Morgan fingerprint density at radius 3 is 2.58 bits per heavy atom. The van der Waals surface area contributed by atoms with Crippen LogP contribution in [0.2, 0.25) is 0 Å². The summed E-state index contributed by atoms with van der Waals surface area (Å²) in [7, 11) is 0. The van der Waals surface area contributed by atoms with Gasteiger partial charge in [-0.25, -0.2) is 0 Å². The normalized spacial score (nSPS) is 9.92. The van der Waals surface area contributed by atoms with Crippen LogP contribution in [0.4, 0.5) is 10.1 Å². The lowest BCUT2D eigenvalue weighted by Gasteiger charge is -1.99. The van der Waals surface area contributed by atoms with Gasteiger partial charge in [-0.3, -0.25) is 15.1 Å². The van der Waals surface area contributed by atoms with Crippen molar-refractivity contribution in [1.82, 2.24) is 4.98 Å². The van der Waals surface area contributed by atoms with Crippen molar-refractivity contribution >= 4 is 5.69 Å². The van der Waals surface area contributed by atoms with Crippen LogP contribution in [0.1, 0.15) is 11.3 Å². The fourth-order valence-corrected chi connectivity index (χ4v) is 0.886. The Morgan fingerprint density at radius 2 is 2.17 bits per heavy atom. The molecule has 0 unspecified atom stereocenters. The number of hydrogen-bond acceptors (Lipinski definition) is 3. The highest BCUT2D eigenvalue weighted by Crippen LogP contribution is 2.22. The number of rotatable bonds is 1. The molecule has 0 saturated heterocycles. The molecule has 0 aromatic carbocycles. The van der Waals surface area contributed by atoms with Crippen LogP contribution in [0.3, 0.4) is 0 Å². The van der Waals surface area contributed by atoms with E-state index in [1.165, 1.54) is 6.92 Å². The first kappa shape index (κ1) is 8.58. The third-order valence-corrected chi connectivity index (χ3v) is 1.68. The maximum Gasteiger partial charge on any atom is 0.311 e. The van der Waals surface area contributed by atoms with E-state index in [2.05, 4.69) is 4.98 Å². The summed E-state index contributed by atoms with van der Waals surface area (Å²) in [6.45, 7) is 3.07. The number of nitrogens with zero attached hydrogens (tertiary/aromatic N) is 2. The van der Waals surface area contributed by atoms with E-state index >= 15 is 0 Å². The smallest absolute Gasteiger partial charge is 0.258 e. The van der Waals surface area contributed by atoms with Gasteiger partial charge in [0.1, 0.15) is 0 Å². The van der Waals surface area contributed by atoms with Crippen molar-refractivity contribution in [2.24, 2.45) is 0 Å². The second-order valence-electron chi connectivity index (χ2n) is 2.42. The van der Waals surface area contributed by atoms with Crippen LogP contribution in [0.25, 0.3) is 0 Å². The lowest BCUT2D eigenvalue weighted by atomic mass is 10.2. The second kappa shape index (κ2) is 2.84. The van der Waals surface area contributed by atoms with E-state index in [0.717, 1.165) is 6.20 Å². The second-order valence-corrected chi connectivity index (χ2v) is 2.42. The molecule has 0 aliphatic carbocycles. The molecule has 1 aromatic rings. The molecule has 1 aromatic heterocycles. The molecule has 0 aliphatic rings. The summed E-state index contributed by atoms with van der Waals surface area (Å²) in [5.41, 5.74) is 0.269. The number of halogens is 1. The minimum atomic E-state index is -0.886. The van der Waals surface area contributed by atoms with Gasteiger partial charge >= 0.3 is 5.69 Å². The van der Waals surface area contributed by atoms with E-state index in [-0.39, 0.29) is 5.56 Å². The van der Waals surface area contributed by atoms with E-state index in [9.17, 15) is 14.5 Å². The molecule has 1 heterocycles. The largest absolute Gasteiger partial charge is 0.311 e. The Morgan fingerprint density at radius 1 is 1.58 bits per heavy atom. The van der Waals surface area contributed by atoms with E-state index in [0.29, 0.717) is 5.69 Å². The molecular formula is C7H7FN2O2. The van der Waals surface area contributed by atoms with E-state index in [1.54, 1.807) is 6.92 Å². The summed E-state index contributed by atoms with van der Waals surface area (Å²) in [4.78, 5) is 13.2. The SMILES string of the molecule is Cc1ncc(F)c([N+](=O)[O-])c1C. The fourth-order valence-electron chi connectivity index (χ4n) is 0.886. The third kappa shape index (κ3) is 1.25. The van der Waals surface area contributed by atoms with Gasteiger partial charge in [0.2, 0.25) is 5.82 Å². The monoisotopic (exact) mass is 170 g/mol. The van der Waals surface area contributed by atoms with Gasteiger partial charge in [0.25, 0.3) is 0 Å². The van der Waals surface area contributed by atoms with Gasteiger partial charge in [-0.05, 0) is 13.8 Å². The Bertz CT molecular complexity index is 338. The van der Waals surface area contributed by atoms with Gasteiger partial charge in [-0.1, -0.05) is 0 Å². The molecule has 5 heteroatoms. The van der Waals surface area contributed by atoms with Gasteiger partial charge in [0.15, 0.2) is 0 Å². The van der Waals surface area contributed by atoms with E-state index in [4.69, 9.17) is 0 Å². The predicted octanol–water partition coefficient (Wildman–Crippen LogP) is 1.75. The van der Waals surface area contributed by atoms with Crippen LogP contribution in [-0.4, -0.2) is 9.91 Å². The van der Waals surface area contributed by atoms with Gasteiger partial charge in [0.05, 0.1) is 16.7 Å². The Hall–Kier alpha value is -1.52. The van der Waals surface area contributed by atoms with Crippen molar-refractivity contribution in [3.8, 4) is 0 Å². The van der Waals surface area contributed by atoms with Gasteiger partial charge < -0.3 is 0 Å². The van der Waals surface area contributed by atoms with E-state index < -0.39 is 16.4 Å². The molecule has 64 valence electrons. The third-order valence-electron chi connectivity index (χ3n) is 1.68. The average Bonchev–Trinajstić information content (AvgIpc) is 1.97. The maximum atomic E-state index is 12.8. The lowest BCUT2D eigenvalue weighted by Crippen LogP contribution is -1.99. The number of aromatic nitrogens is 1. The van der Waals surface area contributed by atoms with Crippen LogP contribution in [0, 0.1) is 29.8 Å². The first-order chi connectivity index (χ1) is 5.54. The number of aryl methyl sites for hydroxylation is 1. The summed E-state index contributed by atoms with van der Waals surface area (Å²) in [5.74, 6) is -0.886. The Balaban J connectivity index is 3.43. The summed E-state index contributed by atoms with van der Waals surface area (Å²) in [6, 6.07) is 0. The average molecular weight is 170 g/mol. The first-order valence-corrected chi connectivity index (χ1v) is 3.30. The summed E-state index contributed by atoms with van der Waals surface area (Å²) < 4.78 is 12.8. The van der Waals surface area contributed by atoms with Crippen molar-refractivity contribution in [2.45, 2.75) is 13.8 Å². The molecule has 0 amide bonds. The Labute approximate surface area is 68.2 Å². The number of nitro groups is 1. The minimum Gasteiger partial charge on any atom is -0.258 e. The summed E-state index contributed by atoms with van der Waals surface area (Å²) in [6.07, 6.45) is 0.862. The molecule has 0 N–H and O–H groups in total. The van der Waals surface area contributed by atoms with Crippen molar-refractivity contribution < 1.29 is 9.31 Å². The molecule has 0 aliphatic heterocycles. The van der Waals surface area contributed by atoms with Crippen LogP contribution in [0.5, 0.6) is 0 Å². The quantitative estimate of drug-likeness (QED) is 0.476. The lowest BCUT2D eigenvalue weighted by molar-refractivity contribution is -0.388. The molecule has 0 fully saturated rings. The number of hydrogen-bond donors (Lipinski definition) is 0. The van der Waals surface area contributed by atoms with Crippen LogP contribution in [-0.2, 0) is 0 Å². The Kier molecular flexibility index (Phi) is 2.03. The molecule has 4 nitrogen and oxygen atoms in total. The molecule has 0 atom stereocenters. The molecule has 0 saturated carbocycles. The van der Waals surface area contributed by atoms with Crippen molar-refractivity contribution in [3.05, 3.63) is 33.4 Å². The van der Waals surface area contributed by atoms with Crippen LogP contribution >= 0.6 is 0 Å². The number of pyridine rings is 1. The standard InChI is InChI=1S/C7H7FN2O2/c1-4-5(2)9-3-6(8)7(4)10(11)12/h3H,1-2H3. The summed E-state index contributed by atoms with van der Waals surface area (Å²) >= 11 is 0. The molecule has 0 bridgehead atoms. The highest BCUT2D eigenvalue weighted by Gasteiger charge is 2.19. The molecule has 0 spiro atoms. The molecular weight excluding hydrogens is 163 g/mol. The topological polar surface area (TPSA) is 56.0 Å². The predicted molar refractivity (Wildman–Crippen MR) is 40.3 cm³/mol. The van der Waals surface area contributed by atoms with E-state index in [1.807, 2.05) is 0 Å². The van der Waals surface area contributed by atoms with Gasteiger partial charge in [-0.2, -0.15) is 4.39 Å². The molecule has 1 rings (SSSR count). The minimum absolute atomic E-state index is 0.278. The zero-order chi connectivity index (χ0) is 9.30. The zero-order valence-corrected chi connectivity index (χ0v) is 6.67. The van der Waals surface area contributed by atoms with Crippen molar-refractivity contribution in [3.63, 3.8) is 0 Å². The zero-order valence-electron chi connectivity index (χ0n) is 6.67. The fraction of sp³-hybridized carbons (Fsp3) is 0.286. The first-order valence-electron chi connectivity index (χ1n) is 3.30. The molecule has 12 heavy (non-hydrogen) atoms. The van der Waals surface area contributed by atoms with Gasteiger partial charge in [0, 0.05) is 5.69 Å². The highest BCUT2D eigenvalue weighted by atomic mass is 19.1. The van der Waals surface area contributed by atoms with Crippen LogP contribution < -0.4 is 0 Å².